The Bertz CT molecular complexity index is 521. The molecule has 0 bridgehead atoms. The van der Waals surface area contributed by atoms with Crippen molar-refractivity contribution in [2.75, 3.05) is 31.1 Å². The summed E-state index contributed by atoms with van der Waals surface area (Å²) in [6.45, 7) is 4.69. The third-order valence-electron chi connectivity index (χ3n) is 3.43. The summed E-state index contributed by atoms with van der Waals surface area (Å²) in [6.07, 6.45) is 1.89. The summed E-state index contributed by atoms with van der Waals surface area (Å²) < 4.78 is 5.69. The van der Waals surface area contributed by atoms with Crippen LogP contribution in [0.5, 0.6) is 5.88 Å². The monoisotopic (exact) mass is 269 g/mol. The molecule has 104 valence electrons. The zero-order valence-corrected chi connectivity index (χ0v) is 11.5. The van der Waals surface area contributed by atoms with E-state index in [-0.39, 0.29) is 0 Å². The molecular weight excluding hydrogens is 250 g/mol. The number of hydrogen-bond acceptors (Lipinski definition) is 4. The quantitative estimate of drug-likeness (QED) is 0.922. The molecule has 1 aromatic carbocycles. The number of rotatable bonds is 4. The Kier molecular flexibility index (Phi) is 4.13. The molecule has 1 saturated heterocycles. The normalized spacial score (nSPS) is 15.1. The maximum Gasteiger partial charge on any atom is 0.213 e. The van der Waals surface area contributed by atoms with Crippen LogP contribution in [0.25, 0.3) is 0 Å². The van der Waals surface area contributed by atoms with Gasteiger partial charge in [0.05, 0.1) is 11.9 Å². The highest BCUT2D eigenvalue weighted by molar-refractivity contribution is 5.45. The molecule has 1 aliphatic rings. The zero-order valence-electron chi connectivity index (χ0n) is 11.5. The van der Waals surface area contributed by atoms with E-state index in [1.807, 2.05) is 30.5 Å². The first kappa shape index (κ1) is 12.9. The van der Waals surface area contributed by atoms with Crippen LogP contribution < -0.4 is 15.0 Å². The Morgan fingerprint density at radius 3 is 2.55 bits per heavy atom. The molecule has 0 amide bonds. The van der Waals surface area contributed by atoms with E-state index in [1.165, 1.54) is 5.69 Å². The van der Waals surface area contributed by atoms with E-state index >= 15 is 0 Å². The van der Waals surface area contributed by atoms with Crippen molar-refractivity contribution in [1.29, 1.82) is 0 Å². The van der Waals surface area contributed by atoms with Gasteiger partial charge < -0.3 is 15.0 Å². The summed E-state index contributed by atoms with van der Waals surface area (Å²) in [4.78, 5) is 6.72. The van der Waals surface area contributed by atoms with E-state index in [0.717, 1.165) is 31.7 Å². The SMILES string of the molecule is c1ccc(COc2ccc(N3CCNCC3)cn2)cc1. The molecule has 0 unspecified atom stereocenters. The summed E-state index contributed by atoms with van der Waals surface area (Å²) in [5.74, 6) is 0.674. The standard InChI is InChI=1S/C16H19N3O/c1-2-4-14(5-3-1)13-20-16-7-6-15(12-18-16)19-10-8-17-9-11-19/h1-7,12,17H,8-11,13H2. The van der Waals surface area contributed by atoms with Crippen LogP contribution in [0.15, 0.2) is 48.7 Å². The molecule has 0 radical (unpaired) electrons. The highest BCUT2D eigenvalue weighted by atomic mass is 16.5. The molecule has 1 fully saturated rings. The number of nitrogens with zero attached hydrogens (tertiary/aromatic N) is 2. The van der Waals surface area contributed by atoms with Crippen LogP contribution >= 0.6 is 0 Å². The minimum atomic E-state index is 0.556. The van der Waals surface area contributed by atoms with Gasteiger partial charge in [-0.05, 0) is 11.6 Å². The van der Waals surface area contributed by atoms with Gasteiger partial charge in [0, 0.05) is 32.2 Å². The molecule has 4 heteroatoms. The summed E-state index contributed by atoms with van der Waals surface area (Å²) in [5.41, 5.74) is 2.32. The lowest BCUT2D eigenvalue weighted by Gasteiger charge is -2.29. The van der Waals surface area contributed by atoms with Crippen LogP contribution in [0.2, 0.25) is 0 Å². The molecule has 0 atom stereocenters. The number of ether oxygens (including phenoxy) is 1. The zero-order chi connectivity index (χ0) is 13.6. The minimum Gasteiger partial charge on any atom is -0.473 e. The smallest absolute Gasteiger partial charge is 0.213 e. The van der Waals surface area contributed by atoms with Crippen LogP contribution in [0.1, 0.15) is 5.56 Å². The van der Waals surface area contributed by atoms with Gasteiger partial charge in [0.1, 0.15) is 6.61 Å². The summed E-state index contributed by atoms with van der Waals surface area (Å²) in [6, 6.07) is 14.2. The third-order valence-corrected chi connectivity index (χ3v) is 3.43. The Morgan fingerprint density at radius 2 is 1.85 bits per heavy atom. The maximum absolute atomic E-state index is 5.69. The van der Waals surface area contributed by atoms with Gasteiger partial charge in [0.15, 0.2) is 0 Å². The van der Waals surface area contributed by atoms with Crippen LogP contribution in [0, 0.1) is 0 Å². The van der Waals surface area contributed by atoms with Crippen LogP contribution in [-0.2, 0) is 6.61 Å². The van der Waals surface area contributed by atoms with E-state index in [4.69, 9.17) is 4.74 Å². The number of aromatic nitrogens is 1. The fourth-order valence-electron chi connectivity index (χ4n) is 2.30. The molecule has 3 rings (SSSR count). The first-order valence-corrected chi connectivity index (χ1v) is 7.00. The molecule has 2 aromatic rings. The Hall–Kier alpha value is -2.07. The number of anilines is 1. The molecule has 4 nitrogen and oxygen atoms in total. The average molecular weight is 269 g/mol. The van der Waals surface area contributed by atoms with E-state index < -0.39 is 0 Å². The van der Waals surface area contributed by atoms with Gasteiger partial charge in [0.2, 0.25) is 5.88 Å². The van der Waals surface area contributed by atoms with Gasteiger partial charge in [0.25, 0.3) is 0 Å². The Labute approximate surface area is 119 Å². The molecule has 0 spiro atoms. The van der Waals surface area contributed by atoms with Crippen molar-refractivity contribution in [2.24, 2.45) is 0 Å². The number of piperazine rings is 1. The second-order valence-electron chi connectivity index (χ2n) is 4.87. The number of pyridine rings is 1. The number of hydrogen-bond donors (Lipinski definition) is 1. The van der Waals surface area contributed by atoms with E-state index in [0.29, 0.717) is 12.5 Å². The molecule has 20 heavy (non-hydrogen) atoms. The van der Waals surface area contributed by atoms with E-state index in [1.54, 1.807) is 0 Å². The largest absolute Gasteiger partial charge is 0.473 e. The van der Waals surface area contributed by atoms with Crippen molar-refractivity contribution in [2.45, 2.75) is 6.61 Å². The van der Waals surface area contributed by atoms with E-state index in [9.17, 15) is 0 Å². The predicted octanol–water partition coefficient (Wildman–Crippen LogP) is 2.07. The minimum absolute atomic E-state index is 0.556. The van der Waals surface area contributed by atoms with Gasteiger partial charge in [-0.15, -0.1) is 0 Å². The van der Waals surface area contributed by atoms with Crippen molar-refractivity contribution in [3.05, 3.63) is 54.2 Å². The van der Waals surface area contributed by atoms with Gasteiger partial charge in [-0.1, -0.05) is 30.3 Å². The Morgan fingerprint density at radius 1 is 1.05 bits per heavy atom. The molecule has 0 aliphatic carbocycles. The summed E-state index contributed by atoms with van der Waals surface area (Å²) in [5, 5.41) is 3.35. The highest BCUT2D eigenvalue weighted by Gasteiger charge is 2.10. The molecule has 1 N–H and O–H groups in total. The second kappa shape index (κ2) is 6.39. The number of benzene rings is 1. The van der Waals surface area contributed by atoms with Crippen LogP contribution in [0.4, 0.5) is 5.69 Å². The van der Waals surface area contributed by atoms with Gasteiger partial charge >= 0.3 is 0 Å². The highest BCUT2D eigenvalue weighted by Crippen LogP contribution is 2.17. The lowest BCUT2D eigenvalue weighted by atomic mass is 10.2. The van der Waals surface area contributed by atoms with Crippen molar-refractivity contribution in [1.82, 2.24) is 10.3 Å². The molecule has 1 aliphatic heterocycles. The van der Waals surface area contributed by atoms with Crippen molar-refractivity contribution >= 4 is 5.69 Å². The first-order valence-electron chi connectivity index (χ1n) is 7.00. The fourth-order valence-corrected chi connectivity index (χ4v) is 2.30. The third kappa shape index (κ3) is 3.27. The summed E-state index contributed by atoms with van der Waals surface area (Å²) in [7, 11) is 0. The lowest BCUT2D eigenvalue weighted by Crippen LogP contribution is -2.43. The topological polar surface area (TPSA) is 37.4 Å². The van der Waals surface area contributed by atoms with Crippen LogP contribution in [-0.4, -0.2) is 31.2 Å². The van der Waals surface area contributed by atoms with Crippen molar-refractivity contribution in [3.8, 4) is 5.88 Å². The average Bonchev–Trinajstić information content (AvgIpc) is 2.55. The Balaban J connectivity index is 1.58. The summed E-state index contributed by atoms with van der Waals surface area (Å²) >= 11 is 0. The lowest BCUT2D eigenvalue weighted by molar-refractivity contribution is 0.294. The fraction of sp³-hybridized carbons (Fsp3) is 0.312. The van der Waals surface area contributed by atoms with Crippen molar-refractivity contribution in [3.63, 3.8) is 0 Å². The number of nitrogens with one attached hydrogen (secondary N) is 1. The molecule has 2 heterocycles. The predicted molar refractivity (Wildman–Crippen MR) is 80.1 cm³/mol. The molecule has 1 aromatic heterocycles. The second-order valence-corrected chi connectivity index (χ2v) is 4.87. The van der Waals surface area contributed by atoms with Crippen LogP contribution in [0.3, 0.4) is 0 Å². The van der Waals surface area contributed by atoms with Gasteiger partial charge in [-0.25, -0.2) is 4.98 Å². The maximum atomic E-state index is 5.69. The molecular formula is C16H19N3O. The van der Waals surface area contributed by atoms with Crippen molar-refractivity contribution < 1.29 is 4.74 Å². The molecule has 0 saturated carbocycles. The van der Waals surface area contributed by atoms with Gasteiger partial charge in [-0.2, -0.15) is 0 Å². The van der Waals surface area contributed by atoms with E-state index in [2.05, 4.69) is 33.4 Å². The van der Waals surface area contributed by atoms with Gasteiger partial charge in [-0.3, -0.25) is 0 Å². The first-order chi connectivity index (χ1) is 9.92.